The van der Waals surface area contributed by atoms with E-state index in [9.17, 15) is 4.79 Å². The first-order chi connectivity index (χ1) is 9.17. The van der Waals surface area contributed by atoms with Crippen LogP contribution in [-0.2, 0) is 24.1 Å². The molecule has 2 rings (SSSR count). The molecule has 0 aliphatic rings. The fourth-order valence-corrected chi connectivity index (χ4v) is 2.52. The zero-order valence-corrected chi connectivity index (χ0v) is 11.4. The maximum absolute atomic E-state index is 11.4. The van der Waals surface area contributed by atoms with Crippen LogP contribution in [0.3, 0.4) is 0 Å². The van der Waals surface area contributed by atoms with Crippen molar-refractivity contribution in [2.24, 2.45) is 7.05 Å². The van der Waals surface area contributed by atoms with E-state index in [4.69, 9.17) is 9.52 Å². The van der Waals surface area contributed by atoms with Gasteiger partial charge in [0.05, 0.1) is 31.9 Å². The van der Waals surface area contributed by atoms with Gasteiger partial charge in [-0.05, 0) is 6.07 Å². The number of nitrogens with zero attached hydrogens (tertiary/aromatic N) is 2. The van der Waals surface area contributed by atoms with Crippen LogP contribution in [0.25, 0.3) is 0 Å². The van der Waals surface area contributed by atoms with Gasteiger partial charge in [-0.3, -0.25) is 0 Å². The standard InChI is InChI=1S/C12H14N2O4S/c1-14-9(6-15)5-13-12(14)19-7-8-3-4-18-10(8)11(16)17-2/h3-5,15H,6-7H2,1-2H3. The van der Waals surface area contributed by atoms with Crippen molar-refractivity contribution in [2.75, 3.05) is 7.11 Å². The van der Waals surface area contributed by atoms with E-state index >= 15 is 0 Å². The molecule has 0 spiro atoms. The first-order valence-corrected chi connectivity index (χ1v) is 6.54. The zero-order valence-electron chi connectivity index (χ0n) is 10.6. The summed E-state index contributed by atoms with van der Waals surface area (Å²) in [7, 11) is 3.14. The zero-order chi connectivity index (χ0) is 13.8. The fourth-order valence-electron chi connectivity index (χ4n) is 1.57. The van der Waals surface area contributed by atoms with E-state index in [0.717, 1.165) is 16.4 Å². The van der Waals surface area contributed by atoms with Crippen molar-refractivity contribution in [3.63, 3.8) is 0 Å². The molecule has 0 radical (unpaired) electrons. The summed E-state index contributed by atoms with van der Waals surface area (Å²) < 4.78 is 11.6. The smallest absolute Gasteiger partial charge is 0.374 e. The second kappa shape index (κ2) is 5.94. The van der Waals surface area contributed by atoms with Crippen LogP contribution in [0.1, 0.15) is 21.8 Å². The predicted molar refractivity (Wildman–Crippen MR) is 68.7 cm³/mol. The molecule has 0 atom stereocenters. The summed E-state index contributed by atoms with van der Waals surface area (Å²) in [6.07, 6.45) is 3.08. The molecule has 6 nitrogen and oxygen atoms in total. The Morgan fingerprint density at radius 2 is 2.42 bits per heavy atom. The van der Waals surface area contributed by atoms with Crippen molar-refractivity contribution in [2.45, 2.75) is 17.5 Å². The van der Waals surface area contributed by atoms with Crippen molar-refractivity contribution in [3.8, 4) is 0 Å². The number of aromatic nitrogens is 2. The first kappa shape index (κ1) is 13.7. The number of esters is 1. The number of carbonyl (C=O) groups excluding carboxylic acids is 1. The number of aliphatic hydroxyl groups is 1. The normalized spacial score (nSPS) is 10.7. The first-order valence-electron chi connectivity index (χ1n) is 5.56. The lowest BCUT2D eigenvalue weighted by atomic mass is 10.3. The number of methoxy groups -OCH3 is 1. The van der Waals surface area contributed by atoms with Crippen LogP contribution in [0.5, 0.6) is 0 Å². The Morgan fingerprint density at radius 1 is 1.63 bits per heavy atom. The number of carbonyl (C=O) groups is 1. The lowest BCUT2D eigenvalue weighted by molar-refractivity contribution is 0.0564. The highest BCUT2D eigenvalue weighted by Gasteiger charge is 2.16. The van der Waals surface area contributed by atoms with Gasteiger partial charge in [-0.1, -0.05) is 11.8 Å². The highest BCUT2D eigenvalue weighted by molar-refractivity contribution is 7.98. The van der Waals surface area contributed by atoms with Gasteiger partial charge in [0.1, 0.15) is 0 Å². The highest BCUT2D eigenvalue weighted by Crippen LogP contribution is 2.24. The fraction of sp³-hybridized carbons (Fsp3) is 0.333. The largest absolute Gasteiger partial charge is 0.463 e. The maximum Gasteiger partial charge on any atom is 0.374 e. The van der Waals surface area contributed by atoms with E-state index in [0.29, 0.717) is 5.75 Å². The number of ether oxygens (including phenoxy) is 1. The summed E-state index contributed by atoms with van der Waals surface area (Å²) in [4.78, 5) is 15.6. The highest BCUT2D eigenvalue weighted by atomic mass is 32.2. The summed E-state index contributed by atoms with van der Waals surface area (Å²) >= 11 is 1.46. The Bertz CT molecular complexity index is 576. The molecule has 0 saturated carbocycles. The Hall–Kier alpha value is -1.73. The Labute approximate surface area is 114 Å². The minimum atomic E-state index is -0.489. The van der Waals surface area contributed by atoms with Crippen molar-refractivity contribution < 1.29 is 19.1 Å². The van der Waals surface area contributed by atoms with E-state index in [1.54, 1.807) is 12.3 Å². The van der Waals surface area contributed by atoms with Gasteiger partial charge in [0.15, 0.2) is 5.16 Å². The lowest BCUT2D eigenvalue weighted by Gasteiger charge is -2.03. The quantitative estimate of drug-likeness (QED) is 0.663. The van der Waals surface area contributed by atoms with Crippen LogP contribution >= 0.6 is 11.8 Å². The van der Waals surface area contributed by atoms with Gasteiger partial charge in [-0.15, -0.1) is 0 Å². The molecule has 19 heavy (non-hydrogen) atoms. The molecule has 7 heteroatoms. The van der Waals surface area contributed by atoms with Gasteiger partial charge in [0.25, 0.3) is 0 Å². The maximum atomic E-state index is 11.4. The molecule has 102 valence electrons. The van der Waals surface area contributed by atoms with Crippen LogP contribution in [0.2, 0.25) is 0 Å². The molecule has 2 aromatic heterocycles. The summed E-state index contributed by atoms with van der Waals surface area (Å²) in [5.74, 6) is 0.263. The third kappa shape index (κ3) is 2.82. The van der Waals surface area contributed by atoms with E-state index in [-0.39, 0.29) is 12.4 Å². The topological polar surface area (TPSA) is 77.5 Å². The van der Waals surface area contributed by atoms with Crippen molar-refractivity contribution in [1.29, 1.82) is 0 Å². The molecular weight excluding hydrogens is 268 g/mol. The van der Waals surface area contributed by atoms with Crippen molar-refractivity contribution in [1.82, 2.24) is 9.55 Å². The van der Waals surface area contributed by atoms with Crippen LogP contribution in [-0.4, -0.2) is 27.7 Å². The summed E-state index contributed by atoms with van der Waals surface area (Å²) in [6.45, 7) is -0.0524. The molecular formula is C12H14N2O4S. The molecule has 2 heterocycles. The Morgan fingerprint density at radius 3 is 3.05 bits per heavy atom. The minimum Gasteiger partial charge on any atom is -0.463 e. The average molecular weight is 282 g/mol. The molecule has 0 saturated heterocycles. The van der Waals surface area contributed by atoms with Crippen LogP contribution in [0, 0.1) is 0 Å². The average Bonchev–Trinajstić information content (AvgIpc) is 3.02. The predicted octanol–water partition coefficient (Wildman–Crippen LogP) is 1.58. The molecule has 1 N–H and O–H groups in total. The number of hydrogen-bond donors (Lipinski definition) is 1. The van der Waals surface area contributed by atoms with Gasteiger partial charge in [-0.25, -0.2) is 9.78 Å². The SMILES string of the molecule is COC(=O)c1occc1CSc1ncc(CO)n1C. The molecule has 0 aromatic carbocycles. The molecule has 0 aliphatic carbocycles. The molecule has 0 bridgehead atoms. The van der Waals surface area contributed by atoms with Crippen LogP contribution in [0.4, 0.5) is 0 Å². The molecule has 0 amide bonds. The minimum absolute atomic E-state index is 0.0524. The number of imidazole rings is 1. The molecule has 0 fully saturated rings. The number of furan rings is 1. The van der Waals surface area contributed by atoms with Crippen LogP contribution in [0.15, 0.2) is 28.1 Å². The Balaban J connectivity index is 2.08. The van der Waals surface area contributed by atoms with E-state index < -0.39 is 5.97 Å². The van der Waals surface area contributed by atoms with E-state index in [1.807, 2.05) is 11.6 Å². The summed E-state index contributed by atoms with van der Waals surface area (Å²) in [5, 5.41) is 9.85. The number of rotatable bonds is 5. The van der Waals surface area contributed by atoms with Gasteiger partial charge in [0, 0.05) is 18.4 Å². The third-order valence-electron chi connectivity index (χ3n) is 2.68. The second-order valence-corrected chi connectivity index (χ2v) is 4.75. The lowest BCUT2D eigenvalue weighted by Crippen LogP contribution is -2.02. The van der Waals surface area contributed by atoms with E-state index in [1.165, 1.54) is 25.1 Å². The van der Waals surface area contributed by atoms with Gasteiger partial charge in [-0.2, -0.15) is 0 Å². The number of aliphatic hydroxyl groups excluding tert-OH is 1. The van der Waals surface area contributed by atoms with Crippen LogP contribution < -0.4 is 0 Å². The number of thioether (sulfide) groups is 1. The van der Waals surface area contributed by atoms with Crippen molar-refractivity contribution >= 4 is 17.7 Å². The number of hydrogen-bond acceptors (Lipinski definition) is 6. The molecule has 0 unspecified atom stereocenters. The summed E-state index contributed by atoms with van der Waals surface area (Å²) in [6, 6.07) is 1.73. The van der Waals surface area contributed by atoms with Gasteiger partial charge < -0.3 is 18.8 Å². The monoisotopic (exact) mass is 282 g/mol. The van der Waals surface area contributed by atoms with E-state index in [2.05, 4.69) is 9.72 Å². The van der Waals surface area contributed by atoms with Gasteiger partial charge >= 0.3 is 5.97 Å². The molecule has 2 aromatic rings. The van der Waals surface area contributed by atoms with Crippen molar-refractivity contribution in [3.05, 3.63) is 35.5 Å². The summed E-state index contributed by atoms with van der Waals surface area (Å²) in [5.41, 5.74) is 1.49. The van der Waals surface area contributed by atoms with Gasteiger partial charge in [0.2, 0.25) is 5.76 Å². The second-order valence-electron chi connectivity index (χ2n) is 3.80. The molecule has 0 aliphatic heterocycles. The third-order valence-corrected chi connectivity index (χ3v) is 3.77. The Kier molecular flexibility index (Phi) is 4.28.